The van der Waals surface area contributed by atoms with E-state index in [0.717, 1.165) is 23.7 Å². The third kappa shape index (κ3) is 4.77. The zero-order valence-electron chi connectivity index (χ0n) is 16.5. The fourth-order valence-electron chi connectivity index (χ4n) is 2.76. The minimum atomic E-state index is -0.673. The van der Waals surface area contributed by atoms with Crippen molar-refractivity contribution < 1.29 is 19.6 Å². The molecule has 2 aromatic carbocycles. The number of nitro groups is 1. The van der Waals surface area contributed by atoms with Gasteiger partial charge in [-0.15, -0.1) is 0 Å². The lowest BCUT2D eigenvalue weighted by atomic mass is 10.1. The number of aliphatic hydroxyl groups is 1. The SMILES string of the molecule is CCOC(=O)C1=C(O)/C(=C\c2ccc(CC)cc2)SC1=Nc1ccc([N+](=O)[O-])cc1. The van der Waals surface area contributed by atoms with Gasteiger partial charge in [-0.05, 0) is 42.7 Å². The molecule has 0 unspecified atom stereocenters. The first kappa shape index (κ1) is 21.3. The molecule has 1 aliphatic rings. The molecule has 0 atom stereocenters. The van der Waals surface area contributed by atoms with Crippen LogP contribution in [0.1, 0.15) is 25.0 Å². The van der Waals surface area contributed by atoms with Crippen molar-refractivity contribution in [2.45, 2.75) is 20.3 Å². The average molecular weight is 424 g/mol. The summed E-state index contributed by atoms with van der Waals surface area (Å²) < 4.78 is 5.08. The van der Waals surface area contributed by atoms with Crippen LogP contribution in [0.25, 0.3) is 6.08 Å². The van der Waals surface area contributed by atoms with Crippen LogP contribution in [0.2, 0.25) is 0 Å². The summed E-state index contributed by atoms with van der Waals surface area (Å²) in [6.07, 6.45) is 2.70. The van der Waals surface area contributed by atoms with E-state index in [1.165, 1.54) is 29.8 Å². The summed E-state index contributed by atoms with van der Waals surface area (Å²) in [5.74, 6) is -0.869. The van der Waals surface area contributed by atoms with Crippen molar-refractivity contribution >= 4 is 40.2 Å². The molecule has 7 nitrogen and oxygen atoms in total. The van der Waals surface area contributed by atoms with Gasteiger partial charge in [-0.2, -0.15) is 0 Å². The van der Waals surface area contributed by atoms with E-state index in [0.29, 0.717) is 10.6 Å². The predicted molar refractivity (Wildman–Crippen MR) is 118 cm³/mol. The fraction of sp³-hybridized carbons (Fsp3) is 0.182. The van der Waals surface area contributed by atoms with Gasteiger partial charge in [0, 0.05) is 12.1 Å². The number of aryl methyl sites for hydroxylation is 1. The number of carbonyl (C=O) groups is 1. The molecule has 0 radical (unpaired) electrons. The number of nitrogens with zero attached hydrogens (tertiary/aromatic N) is 2. The zero-order valence-corrected chi connectivity index (χ0v) is 17.3. The number of aliphatic hydroxyl groups excluding tert-OH is 1. The Morgan fingerprint density at radius 3 is 2.40 bits per heavy atom. The maximum atomic E-state index is 12.4. The van der Waals surface area contributed by atoms with Gasteiger partial charge in [0.05, 0.1) is 22.1 Å². The molecule has 0 fully saturated rings. The molecule has 0 aromatic heterocycles. The van der Waals surface area contributed by atoms with Gasteiger partial charge in [-0.3, -0.25) is 10.1 Å². The Hall–Kier alpha value is -3.39. The number of ether oxygens (including phenoxy) is 1. The molecule has 0 saturated heterocycles. The highest BCUT2D eigenvalue weighted by molar-refractivity contribution is 8.18. The first-order valence-corrected chi connectivity index (χ1v) is 10.2. The van der Waals surface area contributed by atoms with Gasteiger partial charge in [0.1, 0.15) is 16.4 Å². The van der Waals surface area contributed by atoms with Gasteiger partial charge in [0.25, 0.3) is 5.69 Å². The highest BCUT2D eigenvalue weighted by atomic mass is 32.2. The standard InChI is InChI=1S/C22H20N2O5S/c1-3-14-5-7-15(8-6-14)13-18-20(25)19(22(26)29-4-2)21(30-18)23-16-9-11-17(12-10-16)24(27)28/h5-13,25H,3-4H2,1-2H3/b18-13+,23-21?. The van der Waals surface area contributed by atoms with Crippen molar-refractivity contribution in [2.24, 2.45) is 4.99 Å². The summed E-state index contributed by atoms with van der Waals surface area (Å²) in [4.78, 5) is 27.6. The molecule has 0 spiro atoms. The Labute approximate surface area is 177 Å². The van der Waals surface area contributed by atoms with Gasteiger partial charge in [-0.25, -0.2) is 9.79 Å². The summed E-state index contributed by atoms with van der Waals surface area (Å²) in [7, 11) is 0. The second-order valence-electron chi connectivity index (χ2n) is 6.34. The smallest absolute Gasteiger partial charge is 0.344 e. The number of non-ortho nitro benzene ring substituents is 1. The number of aliphatic imine (C=N–C) groups is 1. The van der Waals surface area contributed by atoms with Crippen LogP contribution in [0, 0.1) is 10.1 Å². The van der Waals surface area contributed by atoms with Crippen LogP contribution in [0.15, 0.2) is 69.8 Å². The number of thioether (sulfide) groups is 1. The molecule has 8 heteroatoms. The third-order valence-corrected chi connectivity index (χ3v) is 5.37. The second kappa shape index (κ2) is 9.41. The second-order valence-corrected chi connectivity index (χ2v) is 7.37. The zero-order chi connectivity index (χ0) is 21.7. The molecule has 1 heterocycles. The predicted octanol–water partition coefficient (Wildman–Crippen LogP) is 5.35. The van der Waals surface area contributed by atoms with E-state index < -0.39 is 10.9 Å². The first-order valence-electron chi connectivity index (χ1n) is 9.35. The topological polar surface area (TPSA) is 102 Å². The van der Waals surface area contributed by atoms with Gasteiger partial charge in [-0.1, -0.05) is 43.0 Å². The first-order chi connectivity index (χ1) is 14.4. The van der Waals surface area contributed by atoms with E-state index in [-0.39, 0.29) is 28.7 Å². The van der Waals surface area contributed by atoms with E-state index >= 15 is 0 Å². The van der Waals surface area contributed by atoms with Crippen molar-refractivity contribution in [2.75, 3.05) is 6.61 Å². The largest absolute Gasteiger partial charge is 0.506 e. The minimum Gasteiger partial charge on any atom is -0.506 e. The van der Waals surface area contributed by atoms with Crippen LogP contribution in [0.5, 0.6) is 0 Å². The summed E-state index contributed by atoms with van der Waals surface area (Å²) >= 11 is 1.14. The molecule has 0 bridgehead atoms. The molecule has 1 aliphatic heterocycles. The molecule has 0 aliphatic carbocycles. The number of hydrogen-bond donors (Lipinski definition) is 1. The molecular weight excluding hydrogens is 404 g/mol. The number of hydrogen-bond acceptors (Lipinski definition) is 7. The van der Waals surface area contributed by atoms with Crippen LogP contribution >= 0.6 is 11.8 Å². The monoisotopic (exact) mass is 424 g/mol. The minimum absolute atomic E-state index is 0.0170. The summed E-state index contributed by atoms with van der Waals surface area (Å²) in [6, 6.07) is 13.5. The maximum Gasteiger partial charge on any atom is 0.344 e. The van der Waals surface area contributed by atoms with Gasteiger partial charge < -0.3 is 9.84 Å². The molecule has 1 N–H and O–H groups in total. The van der Waals surface area contributed by atoms with Crippen molar-refractivity contribution in [3.05, 3.63) is 86.0 Å². The molecule has 0 saturated carbocycles. The molecule has 2 aromatic rings. The van der Waals surface area contributed by atoms with Gasteiger partial charge in [0.15, 0.2) is 0 Å². The van der Waals surface area contributed by atoms with Crippen LogP contribution < -0.4 is 0 Å². The molecule has 30 heavy (non-hydrogen) atoms. The van der Waals surface area contributed by atoms with Crippen LogP contribution in [0.3, 0.4) is 0 Å². The lowest BCUT2D eigenvalue weighted by Crippen LogP contribution is -2.12. The summed E-state index contributed by atoms with van der Waals surface area (Å²) in [5.41, 5.74) is 2.42. The fourth-order valence-corrected chi connectivity index (χ4v) is 3.79. The Bertz CT molecular complexity index is 1050. The van der Waals surface area contributed by atoms with Crippen molar-refractivity contribution in [1.29, 1.82) is 0 Å². The van der Waals surface area contributed by atoms with E-state index in [4.69, 9.17) is 4.74 Å². The van der Waals surface area contributed by atoms with E-state index in [2.05, 4.69) is 11.9 Å². The number of rotatable bonds is 6. The summed E-state index contributed by atoms with van der Waals surface area (Å²) in [6.45, 7) is 3.90. The maximum absolute atomic E-state index is 12.4. The van der Waals surface area contributed by atoms with Gasteiger partial charge >= 0.3 is 5.97 Å². The van der Waals surface area contributed by atoms with E-state index in [9.17, 15) is 20.0 Å². The molecule has 3 rings (SSSR count). The van der Waals surface area contributed by atoms with E-state index in [1.54, 1.807) is 13.0 Å². The van der Waals surface area contributed by atoms with Gasteiger partial charge in [0.2, 0.25) is 0 Å². The Morgan fingerprint density at radius 2 is 1.83 bits per heavy atom. The normalized spacial score (nSPS) is 16.3. The number of carbonyl (C=O) groups excluding carboxylic acids is 1. The number of esters is 1. The van der Waals surface area contributed by atoms with Crippen LogP contribution in [-0.2, 0) is 16.0 Å². The quantitative estimate of drug-likeness (QED) is 0.381. The van der Waals surface area contributed by atoms with Crippen LogP contribution in [0.4, 0.5) is 11.4 Å². The van der Waals surface area contributed by atoms with Crippen LogP contribution in [-0.4, -0.2) is 27.6 Å². The van der Waals surface area contributed by atoms with E-state index in [1.807, 2.05) is 24.3 Å². The lowest BCUT2D eigenvalue weighted by molar-refractivity contribution is -0.384. The molecule has 154 valence electrons. The highest BCUT2D eigenvalue weighted by Crippen LogP contribution is 2.40. The Morgan fingerprint density at radius 1 is 1.17 bits per heavy atom. The third-order valence-electron chi connectivity index (χ3n) is 4.35. The van der Waals surface area contributed by atoms with Crippen molar-refractivity contribution in [3.63, 3.8) is 0 Å². The summed E-state index contributed by atoms with van der Waals surface area (Å²) in [5, 5.41) is 21.8. The average Bonchev–Trinajstić information content (AvgIpc) is 3.04. The number of benzene rings is 2. The highest BCUT2D eigenvalue weighted by Gasteiger charge is 2.33. The Balaban J connectivity index is 1.98. The molecular formula is C22H20N2O5S. The number of nitro benzene ring substituents is 1. The lowest BCUT2D eigenvalue weighted by Gasteiger charge is -2.03. The molecule has 0 amide bonds. The van der Waals surface area contributed by atoms with Crippen molar-refractivity contribution in [3.8, 4) is 0 Å². The Kier molecular flexibility index (Phi) is 6.68. The van der Waals surface area contributed by atoms with Crippen molar-refractivity contribution in [1.82, 2.24) is 0 Å².